The monoisotopic (exact) mass is 388 g/mol. The summed E-state index contributed by atoms with van der Waals surface area (Å²) >= 11 is 0. The van der Waals surface area contributed by atoms with E-state index in [4.69, 9.17) is 4.74 Å². The van der Waals surface area contributed by atoms with Gasteiger partial charge in [-0.25, -0.2) is 0 Å². The normalized spacial score (nSPS) is 16.6. The van der Waals surface area contributed by atoms with E-state index in [0.717, 1.165) is 31.1 Å². The molecule has 28 heavy (non-hydrogen) atoms. The van der Waals surface area contributed by atoms with Crippen molar-refractivity contribution >= 4 is 11.9 Å². The lowest BCUT2D eigenvalue weighted by Gasteiger charge is -2.32. The maximum atomic E-state index is 12.3. The van der Waals surface area contributed by atoms with Crippen molar-refractivity contribution in [3.05, 3.63) is 29.8 Å². The van der Waals surface area contributed by atoms with Crippen LogP contribution in [0, 0.1) is 0 Å². The van der Waals surface area contributed by atoms with Crippen LogP contribution in [0.15, 0.2) is 29.3 Å². The third kappa shape index (κ3) is 5.88. The van der Waals surface area contributed by atoms with Crippen LogP contribution in [0.1, 0.15) is 52.0 Å². The average molecular weight is 389 g/mol. The number of methoxy groups -OCH3 is 1. The number of nitrogens with one attached hydrogen (secondary N) is 2. The molecule has 0 atom stereocenters. The minimum Gasteiger partial charge on any atom is -0.497 e. The van der Waals surface area contributed by atoms with Gasteiger partial charge in [-0.15, -0.1) is 0 Å². The van der Waals surface area contributed by atoms with Gasteiger partial charge in [-0.3, -0.25) is 9.79 Å². The van der Waals surface area contributed by atoms with E-state index in [1.807, 2.05) is 38.8 Å². The molecule has 1 aromatic carbocycles. The number of carbonyl (C=O) groups excluding carboxylic acids is 1. The van der Waals surface area contributed by atoms with Crippen molar-refractivity contribution in [2.45, 2.75) is 57.4 Å². The SMILES string of the molecule is CN=C(NCC1(c2cccc(OC)c2)CCCC1)N(C)CC(=O)NC(C)(C)C. The first kappa shape index (κ1) is 22.1. The topological polar surface area (TPSA) is 66.0 Å². The van der Waals surface area contributed by atoms with Crippen molar-refractivity contribution in [1.29, 1.82) is 0 Å². The predicted molar refractivity (Wildman–Crippen MR) is 115 cm³/mol. The van der Waals surface area contributed by atoms with Crippen molar-refractivity contribution in [2.24, 2.45) is 4.99 Å². The second-order valence-electron chi connectivity index (χ2n) is 8.77. The Labute approximate surface area is 169 Å². The predicted octanol–water partition coefficient (Wildman–Crippen LogP) is 2.93. The van der Waals surface area contributed by atoms with Crippen molar-refractivity contribution in [1.82, 2.24) is 15.5 Å². The molecular formula is C22H36N4O2. The van der Waals surface area contributed by atoms with E-state index in [1.165, 1.54) is 18.4 Å². The number of hydrogen-bond acceptors (Lipinski definition) is 3. The molecule has 2 N–H and O–H groups in total. The first-order valence-electron chi connectivity index (χ1n) is 10.1. The summed E-state index contributed by atoms with van der Waals surface area (Å²) < 4.78 is 5.43. The van der Waals surface area contributed by atoms with Crippen LogP contribution >= 0.6 is 0 Å². The molecule has 1 saturated carbocycles. The molecule has 0 spiro atoms. The van der Waals surface area contributed by atoms with Crippen LogP contribution in [0.3, 0.4) is 0 Å². The van der Waals surface area contributed by atoms with Crippen molar-refractivity contribution in [3.8, 4) is 5.75 Å². The quantitative estimate of drug-likeness (QED) is 0.581. The molecule has 2 rings (SSSR count). The molecule has 0 radical (unpaired) electrons. The summed E-state index contributed by atoms with van der Waals surface area (Å²) in [7, 11) is 5.36. The van der Waals surface area contributed by atoms with Gasteiger partial charge in [-0.1, -0.05) is 25.0 Å². The smallest absolute Gasteiger partial charge is 0.240 e. The highest BCUT2D eigenvalue weighted by molar-refractivity contribution is 5.86. The van der Waals surface area contributed by atoms with Crippen LogP contribution < -0.4 is 15.4 Å². The molecule has 0 aromatic heterocycles. The Morgan fingerprint density at radius 1 is 1.29 bits per heavy atom. The maximum Gasteiger partial charge on any atom is 0.240 e. The average Bonchev–Trinajstić information content (AvgIpc) is 3.10. The number of ether oxygens (including phenoxy) is 1. The van der Waals surface area contributed by atoms with Gasteiger partial charge in [0.25, 0.3) is 0 Å². The molecule has 6 nitrogen and oxygen atoms in total. The van der Waals surface area contributed by atoms with Crippen LogP contribution in [0.4, 0.5) is 0 Å². The Balaban J connectivity index is 2.06. The zero-order valence-corrected chi connectivity index (χ0v) is 18.3. The molecule has 6 heteroatoms. The number of guanidine groups is 1. The number of amides is 1. The Kier molecular flexibility index (Phi) is 7.33. The van der Waals surface area contributed by atoms with E-state index < -0.39 is 0 Å². The second kappa shape index (κ2) is 9.30. The minimum absolute atomic E-state index is 0.0127. The van der Waals surface area contributed by atoms with Gasteiger partial charge >= 0.3 is 0 Å². The zero-order valence-electron chi connectivity index (χ0n) is 18.3. The third-order valence-corrected chi connectivity index (χ3v) is 5.30. The molecule has 0 unspecified atom stereocenters. The van der Waals surface area contributed by atoms with E-state index in [0.29, 0.717) is 0 Å². The van der Waals surface area contributed by atoms with Gasteiger partial charge in [0, 0.05) is 31.6 Å². The van der Waals surface area contributed by atoms with E-state index in [9.17, 15) is 4.79 Å². The first-order valence-corrected chi connectivity index (χ1v) is 10.1. The van der Waals surface area contributed by atoms with E-state index in [2.05, 4.69) is 33.8 Å². The first-order chi connectivity index (χ1) is 13.2. The van der Waals surface area contributed by atoms with Crippen LogP contribution in [0.5, 0.6) is 5.75 Å². The summed E-state index contributed by atoms with van der Waals surface area (Å²) in [5.41, 5.74) is 1.13. The van der Waals surface area contributed by atoms with Crippen LogP contribution in [-0.4, -0.2) is 56.6 Å². The lowest BCUT2D eigenvalue weighted by Crippen LogP contribution is -2.50. The summed E-state index contributed by atoms with van der Waals surface area (Å²) in [5.74, 6) is 1.61. The molecule has 0 saturated heterocycles. The molecule has 1 fully saturated rings. The standard InChI is InChI=1S/C22H36N4O2/c1-21(2,3)25-19(27)15-26(5)20(23-4)24-16-22(12-7-8-13-22)17-10-9-11-18(14-17)28-6/h9-11,14H,7-8,12-13,15-16H2,1-6H3,(H,23,24)(H,25,27). The minimum atomic E-state index is -0.241. The summed E-state index contributed by atoms with van der Waals surface area (Å²) in [6.07, 6.45) is 4.72. The third-order valence-electron chi connectivity index (χ3n) is 5.30. The number of benzene rings is 1. The van der Waals surface area contributed by atoms with Crippen molar-refractivity contribution in [3.63, 3.8) is 0 Å². The van der Waals surface area contributed by atoms with Crippen LogP contribution in [-0.2, 0) is 10.2 Å². The largest absolute Gasteiger partial charge is 0.497 e. The number of aliphatic imine (C=N–C) groups is 1. The maximum absolute atomic E-state index is 12.3. The number of hydrogen-bond donors (Lipinski definition) is 2. The molecule has 0 bridgehead atoms. The van der Waals surface area contributed by atoms with E-state index in [1.54, 1.807) is 14.2 Å². The molecule has 0 aliphatic heterocycles. The van der Waals surface area contributed by atoms with Crippen LogP contribution in [0.25, 0.3) is 0 Å². The highest BCUT2D eigenvalue weighted by Crippen LogP contribution is 2.41. The fourth-order valence-corrected chi connectivity index (χ4v) is 3.95. The fraction of sp³-hybridized carbons (Fsp3) is 0.636. The zero-order chi connectivity index (χ0) is 20.8. The molecule has 1 aliphatic rings. The number of likely N-dealkylation sites (N-methyl/N-ethyl adjacent to an activating group) is 1. The Morgan fingerprint density at radius 2 is 1.96 bits per heavy atom. The van der Waals surface area contributed by atoms with Gasteiger partial charge in [-0.05, 0) is 51.3 Å². The summed E-state index contributed by atoms with van der Waals surface area (Å²) in [5, 5.41) is 6.51. The molecular weight excluding hydrogens is 352 g/mol. The van der Waals surface area contributed by atoms with Gasteiger partial charge in [0.1, 0.15) is 5.75 Å². The number of rotatable bonds is 6. The number of carbonyl (C=O) groups is 1. The lowest BCUT2D eigenvalue weighted by molar-refractivity contribution is -0.122. The van der Waals surface area contributed by atoms with Crippen LogP contribution in [0.2, 0.25) is 0 Å². The Morgan fingerprint density at radius 3 is 2.54 bits per heavy atom. The molecule has 1 amide bonds. The van der Waals surface area contributed by atoms with Gasteiger partial charge in [0.2, 0.25) is 5.91 Å². The second-order valence-corrected chi connectivity index (χ2v) is 8.77. The molecule has 1 aliphatic carbocycles. The van der Waals surface area contributed by atoms with Gasteiger partial charge in [0.05, 0.1) is 13.7 Å². The summed E-state index contributed by atoms with van der Waals surface area (Å²) in [4.78, 5) is 18.5. The molecule has 156 valence electrons. The van der Waals surface area contributed by atoms with Crippen molar-refractivity contribution in [2.75, 3.05) is 34.3 Å². The van der Waals surface area contributed by atoms with Crippen molar-refractivity contribution < 1.29 is 9.53 Å². The summed E-state index contributed by atoms with van der Waals surface area (Å²) in [6.45, 7) is 7.00. The van der Waals surface area contributed by atoms with Gasteiger partial charge in [0.15, 0.2) is 5.96 Å². The van der Waals surface area contributed by atoms with E-state index in [-0.39, 0.29) is 23.4 Å². The van der Waals surface area contributed by atoms with E-state index >= 15 is 0 Å². The molecule has 0 heterocycles. The van der Waals surface area contributed by atoms with Gasteiger partial charge < -0.3 is 20.3 Å². The highest BCUT2D eigenvalue weighted by atomic mass is 16.5. The fourth-order valence-electron chi connectivity index (χ4n) is 3.95. The highest BCUT2D eigenvalue weighted by Gasteiger charge is 2.36. The Hall–Kier alpha value is -2.24. The summed E-state index contributed by atoms with van der Waals surface area (Å²) in [6, 6.07) is 8.39. The number of nitrogens with zero attached hydrogens (tertiary/aromatic N) is 2. The Bertz CT molecular complexity index is 688. The lowest BCUT2D eigenvalue weighted by atomic mass is 9.78. The van der Waals surface area contributed by atoms with Gasteiger partial charge in [-0.2, -0.15) is 0 Å². The molecule has 1 aromatic rings.